The Balaban J connectivity index is 2.05. The molecule has 0 saturated heterocycles. The molecule has 4 nitrogen and oxygen atoms in total. The van der Waals surface area contributed by atoms with Crippen molar-refractivity contribution >= 4 is 17.3 Å². The number of hydrogen-bond donors (Lipinski definition) is 2. The van der Waals surface area contributed by atoms with Gasteiger partial charge < -0.3 is 16.2 Å². The normalized spacial score (nSPS) is 10.2. The fraction of sp³-hybridized carbons (Fsp3) is 0.0667. The van der Waals surface area contributed by atoms with Gasteiger partial charge in [-0.1, -0.05) is 18.2 Å². The molecule has 0 aliphatic heterocycles. The van der Waals surface area contributed by atoms with E-state index in [0.29, 0.717) is 22.5 Å². The Kier molecular flexibility index (Phi) is 3.71. The molecule has 0 aliphatic carbocycles. The van der Waals surface area contributed by atoms with E-state index in [0.717, 1.165) is 5.56 Å². The number of esters is 1. The molecule has 2 aromatic carbocycles. The third-order valence-corrected chi connectivity index (χ3v) is 2.70. The van der Waals surface area contributed by atoms with Crippen LogP contribution < -0.4 is 11.5 Å². The molecule has 2 aromatic rings. The van der Waals surface area contributed by atoms with Crippen molar-refractivity contribution in [1.82, 2.24) is 0 Å². The molecule has 0 aromatic heterocycles. The van der Waals surface area contributed by atoms with Crippen LogP contribution in [0.4, 0.5) is 11.4 Å². The van der Waals surface area contributed by atoms with Crippen molar-refractivity contribution in [3.8, 4) is 0 Å². The van der Waals surface area contributed by atoms with Gasteiger partial charge in [-0.15, -0.1) is 0 Å². The third kappa shape index (κ3) is 3.25. The van der Waals surface area contributed by atoms with Crippen molar-refractivity contribution in [3.05, 3.63) is 66.1 Å². The minimum atomic E-state index is -0.436. The second kappa shape index (κ2) is 5.44. The highest BCUT2D eigenvalue weighted by Gasteiger charge is 2.11. The van der Waals surface area contributed by atoms with Gasteiger partial charge in [-0.25, -0.2) is 4.79 Å². The van der Waals surface area contributed by atoms with E-state index in [-0.39, 0.29) is 6.61 Å². The van der Waals surface area contributed by atoms with E-state index in [2.05, 4.69) is 6.92 Å². The van der Waals surface area contributed by atoms with Gasteiger partial charge in [0.05, 0.1) is 5.56 Å². The van der Waals surface area contributed by atoms with Crippen LogP contribution in [0.15, 0.2) is 42.5 Å². The summed E-state index contributed by atoms with van der Waals surface area (Å²) in [5.41, 5.74) is 14.2. The largest absolute Gasteiger partial charge is 0.457 e. The van der Waals surface area contributed by atoms with Crippen molar-refractivity contribution in [2.45, 2.75) is 6.61 Å². The monoisotopic (exact) mass is 255 g/mol. The quantitative estimate of drug-likeness (QED) is 0.652. The number of anilines is 2. The van der Waals surface area contributed by atoms with Crippen LogP contribution in [0.3, 0.4) is 0 Å². The van der Waals surface area contributed by atoms with E-state index in [4.69, 9.17) is 16.2 Å². The average molecular weight is 255 g/mol. The Bertz CT molecular complexity index is 592. The Hall–Kier alpha value is -2.49. The fourth-order valence-corrected chi connectivity index (χ4v) is 1.62. The lowest BCUT2D eigenvalue weighted by molar-refractivity contribution is 0.0472. The summed E-state index contributed by atoms with van der Waals surface area (Å²) < 4.78 is 5.21. The zero-order valence-electron chi connectivity index (χ0n) is 10.4. The lowest BCUT2D eigenvalue weighted by Gasteiger charge is -2.08. The van der Waals surface area contributed by atoms with Crippen LogP contribution in [0.25, 0.3) is 0 Å². The van der Waals surface area contributed by atoms with Gasteiger partial charge in [-0.2, -0.15) is 0 Å². The van der Waals surface area contributed by atoms with Crippen molar-refractivity contribution in [2.24, 2.45) is 0 Å². The van der Waals surface area contributed by atoms with Crippen molar-refractivity contribution in [2.75, 3.05) is 11.5 Å². The summed E-state index contributed by atoms with van der Waals surface area (Å²) in [4.78, 5) is 11.9. The first-order valence-electron chi connectivity index (χ1n) is 5.79. The summed E-state index contributed by atoms with van der Waals surface area (Å²) in [5.74, 6) is -0.436. The molecular formula is C15H15N2O2. The van der Waals surface area contributed by atoms with Crippen LogP contribution in [0, 0.1) is 6.92 Å². The number of benzene rings is 2. The van der Waals surface area contributed by atoms with E-state index in [1.807, 2.05) is 12.1 Å². The Morgan fingerprint density at radius 3 is 2.37 bits per heavy atom. The fourth-order valence-electron chi connectivity index (χ4n) is 1.62. The Morgan fingerprint density at radius 2 is 1.68 bits per heavy atom. The number of rotatable bonds is 3. The molecule has 0 unspecified atom stereocenters. The maximum absolute atomic E-state index is 11.9. The maximum Gasteiger partial charge on any atom is 0.338 e. The molecule has 0 atom stereocenters. The van der Waals surface area contributed by atoms with Gasteiger partial charge in [-0.3, -0.25) is 0 Å². The summed E-state index contributed by atoms with van der Waals surface area (Å²) >= 11 is 0. The third-order valence-electron chi connectivity index (χ3n) is 2.70. The minimum absolute atomic E-state index is 0.188. The summed E-state index contributed by atoms with van der Waals surface area (Å²) in [6.07, 6.45) is 0. The lowest BCUT2D eigenvalue weighted by Crippen LogP contribution is -2.07. The first-order chi connectivity index (χ1) is 9.06. The zero-order valence-corrected chi connectivity index (χ0v) is 10.4. The number of carbonyl (C=O) groups excluding carboxylic acids is 1. The zero-order chi connectivity index (χ0) is 13.8. The number of ether oxygens (including phenoxy) is 1. The summed E-state index contributed by atoms with van der Waals surface area (Å²) in [6.45, 7) is 3.96. The minimum Gasteiger partial charge on any atom is -0.457 e. The summed E-state index contributed by atoms with van der Waals surface area (Å²) in [5, 5.41) is 0. The highest BCUT2D eigenvalue weighted by molar-refractivity contribution is 5.92. The first kappa shape index (κ1) is 13.0. The molecule has 1 radical (unpaired) electrons. The van der Waals surface area contributed by atoms with E-state index < -0.39 is 5.97 Å². The van der Waals surface area contributed by atoms with E-state index in [9.17, 15) is 4.79 Å². The topological polar surface area (TPSA) is 78.3 Å². The number of carbonyl (C=O) groups is 1. The SMILES string of the molecule is [CH2]c1ccc(N)cc1C(=O)OCc1ccc(N)cc1. The molecule has 4 heteroatoms. The predicted octanol–water partition coefficient (Wildman–Crippen LogP) is 2.39. The molecule has 0 fully saturated rings. The van der Waals surface area contributed by atoms with Gasteiger partial charge in [-0.05, 0) is 42.3 Å². The van der Waals surface area contributed by atoms with Gasteiger partial charge in [0.15, 0.2) is 0 Å². The maximum atomic E-state index is 11.9. The number of nitrogens with two attached hydrogens (primary N) is 2. The first-order valence-corrected chi connectivity index (χ1v) is 5.79. The molecule has 2 rings (SSSR count). The predicted molar refractivity (Wildman–Crippen MR) is 75.3 cm³/mol. The second-order valence-electron chi connectivity index (χ2n) is 4.23. The summed E-state index contributed by atoms with van der Waals surface area (Å²) in [7, 11) is 0. The van der Waals surface area contributed by atoms with Crippen LogP contribution in [0.5, 0.6) is 0 Å². The Labute approximate surface area is 112 Å². The molecular weight excluding hydrogens is 240 g/mol. The molecule has 0 bridgehead atoms. The molecule has 0 aliphatic rings. The van der Waals surface area contributed by atoms with Gasteiger partial charge in [0.25, 0.3) is 0 Å². The van der Waals surface area contributed by atoms with Gasteiger partial charge in [0.1, 0.15) is 6.61 Å². The molecule has 19 heavy (non-hydrogen) atoms. The molecule has 0 saturated carbocycles. The van der Waals surface area contributed by atoms with Gasteiger partial charge in [0.2, 0.25) is 0 Å². The van der Waals surface area contributed by atoms with Gasteiger partial charge >= 0.3 is 5.97 Å². The van der Waals surface area contributed by atoms with E-state index >= 15 is 0 Å². The van der Waals surface area contributed by atoms with Crippen LogP contribution in [-0.4, -0.2) is 5.97 Å². The molecule has 97 valence electrons. The second-order valence-corrected chi connectivity index (χ2v) is 4.23. The molecule has 0 heterocycles. The van der Waals surface area contributed by atoms with Crippen molar-refractivity contribution < 1.29 is 9.53 Å². The van der Waals surface area contributed by atoms with Crippen LogP contribution in [-0.2, 0) is 11.3 Å². The molecule has 0 spiro atoms. The molecule has 0 amide bonds. The highest BCUT2D eigenvalue weighted by Crippen LogP contribution is 2.15. The van der Waals surface area contributed by atoms with E-state index in [1.54, 1.807) is 30.3 Å². The van der Waals surface area contributed by atoms with Crippen molar-refractivity contribution in [1.29, 1.82) is 0 Å². The molecule has 4 N–H and O–H groups in total. The van der Waals surface area contributed by atoms with E-state index in [1.165, 1.54) is 0 Å². The number of nitrogen functional groups attached to an aromatic ring is 2. The van der Waals surface area contributed by atoms with Gasteiger partial charge in [0, 0.05) is 11.4 Å². The van der Waals surface area contributed by atoms with Crippen LogP contribution >= 0.6 is 0 Å². The van der Waals surface area contributed by atoms with Crippen LogP contribution in [0.2, 0.25) is 0 Å². The van der Waals surface area contributed by atoms with Crippen LogP contribution in [0.1, 0.15) is 21.5 Å². The standard InChI is InChI=1S/C15H15N2O2/c1-10-2-5-13(17)8-14(10)15(18)19-9-11-3-6-12(16)7-4-11/h2-8H,1,9,16-17H2. The smallest absolute Gasteiger partial charge is 0.338 e. The lowest BCUT2D eigenvalue weighted by atomic mass is 10.1. The Morgan fingerprint density at radius 1 is 1.05 bits per heavy atom. The average Bonchev–Trinajstić information content (AvgIpc) is 2.40. The summed E-state index contributed by atoms with van der Waals surface area (Å²) in [6, 6.07) is 12.1. The van der Waals surface area contributed by atoms with Crippen molar-refractivity contribution in [3.63, 3.8) is 0 Å². The highest BCUT2D eigenvalue weighted by atomic mass is 16.5. The number of hydrogen-bond acceptors (Lipinski definition) is 4.